The Balaban J connectivity index is 1.47. The predicted octanol–water partition coefficient (Wildman–Crippen LogP) is 3.83. The van der Waals surface area contributed by atoms with E-state index in [2.05, 4.69) is 10.3 Å². The van der Waals surface area contributed by atoms with Crippen molar-refractivity contribution in [1.82, 2.24) is 14.7 Å². The van der Waals surface area contributed by atoms with Gasteiger partial charge in [-0.3, -0.25) is 9.20 Å². The van der Waals surface area contributed by atoms with Gasteiger partial charge < -0.3 is 14.8 Å². The number of nitrogens with zero attached hydrogens (tertiary/aromatic N) is 2. The number of ether oxygens (including phenoxy) is 2. The molecule has 1 aliphatic rings. The van der Waals surface area contributed by atoms with Gasteiger partial charge in [-0.15, -0.1) is 0 Å². The van der Waals surface area contributed by atoms with Crippen LogP contribution in [0.15, 0.2) is 42.6 Å². The van der Waals surface area contributed by atoms with Gasteiger partial charge in [-0.25, -0.2) is 4.98 Å². The van der Waals surface area contributed by atoms with Crippen LogP contribution in [0.4, 0.5) is 4.39 Å². The minimum atomic E-state index is -0.426. The number of hydrogen-bond acceptors (Lipinski definition) is 4. The zero-order valence-electron chi connectivity index (χ0n) is 16.5. The van der Waals surface area contributed by atoms with E-state index in [0.717, 1.165) is 0 Å². The number of halogens is 1. The van der Waals surface area contributed by atoms with Gasteiger partial charge >= 0.3 is 0 Å². The Morgan fingerprint density at radius 3 is 2.62 bits per heavy atom. The van der Waals surface area contributed by atoms with Crippen molar-refractivity contribution in [2.24, 2.45) is 5.92 Å². The average molecular weight is 397 g/mol. The van der Waals surface area contributed by atoms with E-state index in [0.29, 0.717) is 41.8 Å². The minimum absolute atomic E-state index is 0.0973. The zero-order valence-corrected chi connectivity index (χ0v) is 16.5. The van der Waals surface area contributed by atoms with Crippen molar-refractivity contribution in [2.45, 2.75) is 32.7 Å². The molecule has 1 N–H and O–H groups in total. The third kappa shape index (κ3) is 4.67. The highest BCUT2D eigenvalue weighted by Crippen LogP contribution is 2.30. The van der Waals surface area contributed by atoms with Crippen LogP contribution in [0, 0.1) is 11.9 Å². The first-order chi connectivity index (χ1) is 14.0. The van der Waals surface area contributed by atoms with Crippen LogP contribution in [0.3, 0.4) is 0 Å². The molecule has 0 aliphatic heterocycles. The molecule has 1 aliphatic carbocycles. The Kier molecular flexibility index (Phi) is 5.38. The van der Waals surface area contributed by atoms with Crippen molar-refractivity contribution in [3.63, 3.8) is 0 Å². The molecular formula is C22H24FN3O3. The van der Waals surface area contributed by atoms with Crippen LogP contribution in [0.1, 0.15) is 26.7 Å². The van der Waals surface area contributed by atoms with Crippen LogP contribution in [-0.2, 0) is 4.79 Å². The Labute approximate surface area is 168 Å². The number of amides is 1. The summed E-state index contributed by atoms with van der Waals surface area (Å²) in [6.07, 6.45) is 4.06. The summed E-state index contributed by atoms with van der Waals surface area (Å²) in [6.45, 7) is 4.36. The first-order valence-electron chi connectivity index (χ1n) is 9.80. The molecule has 2 heterocycles. The number of carbonyl (C=O) groups excluding carboxylic acids is 1. The largest absolute Gasteiger partial charge is 0.492 e. The number of imidazole rings is 1. The van der Waals surface area contributed by atoms with Gasteiger partial charge in [-0.1, -0.05) is 0 Å². The lowest BCUT2D eigenvalue weighted by Crippen LogP contribution is -2.35. The summed E-state index contributed by atoms with van der Waals surface area (Å²) in [5, 5.41) is 2.76. The summed E-state index contributed by atoms with van der Waals surface area (Å²) in [7, 11) is 0. The molecule has 1 amide bonds. The summed E-state index contributed by atoms with van der Waals surface area (Å²) in [4.78, 5) is 15.5. The number of hydrogen-bond donors (Lipinski definition) is 1. The lowest BCUT2D eigenvalue weighted by Gasteiger charge is -2.13. The Morgan fingerprint density at radius 1 is 1.21 bits per heavy atom. The highest BCUT2D eigenvalue weighted by atomic mass is 19.1. The number of nitrogens with one attached hydrogen (secondary N) is 1. The fourth-order valence-electron chi connectivity index (χ4n) is 3.08. The molecule has 0 unspecified atom stereocenters. The fraction of sp³-hybridized carbons (Fsp3) is 0.364. The minimum Gasteiger partial charge on any atom is -0.492 e. The average Bonchev–Trinajstić information content (AvgIpc) is 3.48. The maximum Gasteiger partial charge on any atom is 0.226 e. The monoisotopic (exact) mass is 397 g/mol. The van der Waals surface area contributed by atoms with Crippen LogP contribution >= 0.6 is 0 Å². The number of fused-ring (bicyclic) bond motifs is 1. The number of rotatable bonds is 8. The fourth-order valence-corrected chi connectivity index (χ4v) is 3.08. The molecule has 1 atom stereocenters. The van der Waals surface area contributed by atoms with Crippen LogP contribution < -0.4 is 14.8 Å². The second kappa shape index (κ2) is 8.11. The normalized spacial score (nSPS) is 14.6. The van der Waals surface area contributed by atoms with Gasteiger partial charge in [-0.05, 0) is 62.1 Å². The van der Waals surface area contributed by atoms with Crippen molar-refractivity contribution in [1.29, 1.82) is 0 Å². The molecule has 7 heteroatoms. The first-order valence-corrected chi connectivity index (χ1v) is 9.80. The van der Waals surface area contributed by atoms with Crippen LogP contribution in [-0.4, -0.2) is 34.5 Å². The van der Waals surface area contributed by atoms with E-state index in [9.17, 15) is 9.18 Å². The SMILES string of the molecule is CC(=O)N[C@@H](C)COc1ccc(-c2nc3ccc(OCC4CC4)cn3c2F)cc1. The van der Waals surface area contributed by atoms with Gasteiger partial charge in [0.05, 0.1) is 18.8 Å². The molecular weight excluding hydrogens is 373 g/mol. The molecule has 0 radical (unpaired) electrons. The first kappa shape index (κ1) is 19.2. The summed E-state index contributed by atoms with van der Waals surface area (Å²) in [6, 6.07) is 10.6. The van der Waals surface area contributed by atoms with Crippen molar-refractivity contribution in [3.8, 4) is 22.8 Å². The van der Waals surface area contributed by atoms with Crippen molar-refractivity contribution in [3.05, 3.63) is 48.5 Å². The maximum atomic E-state index is 15.0. The molecule has 6 nitrogen and oxygen atoms in total. The third-order valence-electron chi connectivity index (χ3n) is 4.79. The zero-order chi connectivity index (χ0) is 20.4. The maximum absolute atomic E-state index is 15.0. The number of benzene rings is 1. The third-order valence-corrected chi connectivity index (χ3v) is 4.79. The van der Waals surface area contributed by atoms with Crippen molar-refractivity contribution in [2.75, 3.05) is 13.2 Å². The van der Waals surface area contributed by atoms with E-state index < -0.39 is 5.95 Å². The lowest BCUT2D eigenvalue weighted by molar-refractivity contribution is -0.119. The molecule has 3 aromatic rings. The van der Waals surface area contributed by atoms with Crippen LogP contribution in [0.25, 0.3) is 16.9 Å². The predicted molar refractivity (Wildman–Crippen MR) is 108 cm³/mol. The van der Waals surface area contributed by atoms with Gasteiger partial charge in [0.25, 0.3) is 0 Å². The van der Waals surface area contributed by atoms with E-state index in [1.54, 1.807) is 36.5 Å². The van der Waals surface area contributed by atoms with Gasteiger partial charge in [0.15, 0.2) is 0 Å². The molecule has 4 rings (SSSR count). The van der Waals surface area contributed by atoms with E-state index in [1.165, 1.54) is 24.2 Å². The van der Waals surface area contributed by atoms with E-state index in [-0.39, 0.29) is 17.6 Å². The summed E-state index contributed by atoms with van der Waals surface area (Å²) < 4.78 is 27.8. The van der Waals surface area contributed by atoms with Gasteiger partial charge in [-0.2, -0.15) is 4.39 Å². The molecule has 29 heavy (non-hydrogen) atoms. The summed E-state index contributed by atoms with van der Waals surface area (Å²) in [5.74, 6) is 1.40. The highest BCUT2D eigenvalue weighted by Gasteiger charge is 2.22. The van der Waals surface area contributed by atoms with E-state index >= 15 is 0 Å². The van der Waals surface area contributed by atoms with Crippen molar-refractivity contribution >= 4 is 11.6 Å². The Bertz CT molecular complexity index is 1010. The van der Waals surface area contributed by atoms with Gasteiger partial charge in [0.2, 0.25) is 11.9 Å². The number of pyridine rings is 1. The molecule has 0 saturated heterocycles. The van der Waals surface area contributed by atoms with Gasteiger partial charge in [0.1, 0.15) is 29.4 Å². The highest BCUT2D eigenvalue weighted by molar-refractivity contribution is 5.73. The van der Waals surface area contributed by atoms with Crippen molar-refractivity contribution < 1.29 is 18.7 Å². The summed E-state index contributed by atoms with van der Waals surface area (Å²) in [5.41, 5.74) is 1.47. The lowest BCUT2D eigenvalue weighted by atomic mass is 10.1. The molecule has 0 bridgehead atoms. The molecule has 0 spiro atoms. The second-order valence-corrected chi connectivity index (χ2v) is 7.54. The summed E-state index contributed by atoms with van der Waals surface area (Å²) >= 11 is 0. The second-order valence-electron chi connectivity index (χ2n) is 7.54. The molecule has 152 valence electrons. The standard InChI is InChI=1S/C22H24FN3O3/c1-14(24-15(2)27)12-28-18-7-5-17(6-8-18)21-22(23)26-11-19(9-10-20(26)25-21)29-13-16-3-4-16/h5-11,14,16H,3-4,12-13H2,1-2H3,(H,24,27)/t14-/m0/s1. The topological polar surface area (TPSA) is 64.9 Å². The van der Waals surface area contributed by atoms with Crippen LogP contribution in [0.2, 0.25) is 0 Å². The molecule has 1 saturated carbocycles. The quantitative estimate of drug-likeness (QED) is 0.627. The van der Waals surface area contributed by atoms with E-state index in [1.807, 2.05) is 13.0 Å². The Morgan fingerprint density at radius 2 is 1.93 bits per heavy atom. The molecule has 1 aromatic carbocycles. The van der Waals surface area contributed by atoms with E-state index in [4.69, 9.17) is 9.47 Å². The number of aromatic nitrogens is 2. The van der Waals surface area contributed by atoms with Crippen LogP contribution in [0.5, 0.6) is 11.5 Å². The Hall–Kier alpha value is -3.09. The smallest absolute Gasteiger partial charge is 0.226 e. The molecule has 2 aromatic heterocycles. The van der Waals surface area contributed by atoms with Gasteiger partial charge in [0, 0.05) is 12.5 Å². The molecule has 1 fully saturated rings. The number of carbonyl (C=O) groups is 1.